The summed E-state index contributed by atoms with van der Waals surface area (Å²) < 4.78 is 0. The van der Waals surface area contributed by atoms with E-state index in [1.54, 1.807) is 23.4 Å². The van der Waals surface area contributed by atoms with Gasteiger partial charge in [0.2, 0.25) is 0 Å². The third-order valence-corrected chi connectivity index (χ3v) is 5.77. The zero-order valence-electron chi connectivity index (χ0n) is 22.6. The van der Waals surface area contributed by atoms with Crippen LogP contribution in [-0.4, -0.2) is 59.0 Å². The van der Waals surface area contributed by atoms with Crippen LogP contribution in [0, 0.1) is 0 Å². The summed E-state index contributed by atoms with van der Waals surface area (Å²) in [4.78, 5) is 2.19. The number of piperazine rings is 1. The van der Waals surface area contributed by atoms with Gasteiger partial charge in [0.05, 0.1) is 11.4 Å². The van der Waals surface area contributed by atoms with E-state index in [4.69, 9.17) is 0 Å². The van der Waals surface area contributed by atoms with E-state index in [-0.39, 0.29) is 5.75 Å². The van der Waals surface area contributed by atoms with Crippen LogP contribution in [0.25, 0.3) is 5.57 Å². The standard InChI is InChI=1S/C26H34N6O.C3H8/c1-6-21-15-19(4)32(28-8-3)18-23(16-21)22-9-10-24(26(33)17-22)25(7-2)30-29-20(5)31-13-11-27-12-14-31;1-3-2/h7-10,15,17-18,27,33H,2,4,6,11-14,16H2,1,3,5H3;3H2,1-2H3/b28-8-,29-20+,30-25+;. The number of nitrogens with one attached hydrogen (secondary N) is 1. The maximum Gasteiger partial charge on any atom is 0.125 e. The Morgan fingerprint density at radius 2 is 1.86 bits per heavy atom. The zero-order valence-corrected chi connectivity index (χ0v) is 22.6. The van der Waals surface area contributed by atoms with Gasteiger partial charge in [-0.05, 0) is 62.1 Å². The largest absolute Gasteiger partial charge is 0.507 e. The normalized spacial score (nSPS) is 17.3. The zero-order chi connectivity index (χ0) is 26.5. The molecular formula is C29H42N6O. The number of amidine groups is 1. The third kappa shape index (κ3) is 8.05. The van der Waals surface area contributed by atoms with E-state index >= 15 is 0 Å². The van der Waals surface area contributed by atoms with E-state index in [9.17, 15) is 5.11 Å². The molecule has 1 aromatic carbocycles. The number of aromatic hydroxyl groups is 1. The molecule has 0 unspecified atom stereocenters. The number of rotatable bonds is 6. The summed E-state index contributed by atoms with van der Waals surface area (Å²) >= 11 is 0. The first-order chi connectivity index (χ1) is 17.4. The summed E-state index contributed by atoms with van der Waals surface area (Å²) in [5.41, 5.74) is 5.18. The van der Waals surface area contributed by atoms with E-state index < -0.39 is 0 Å². The van der Waals surface area contributed by atoms with Crippen molar-refractivity contribution < 1.29 is 5.11 Å². The molecule has 36 heavy (non-hydrogen) atoms. The minimum absolute atomic E-state index is 0.137. The van der Waals surface area contributed by atoms with Crippen LogP contribution >= 0.6 is 0 Å². The van der Waals surface area contributed by atoms with Gasteiger partial charge in [0.1, 0.15) is 11.6 Å². The molecule has 7 nitrogen and oxygen atoms in total. The van der Waals surface area contributed by atoms with E-state index in [0.29, 0.717) is 11.3 Å². The fourth-order valence-electron chi connectivity index (χ4n) is 3.84. The molecule has 7 heteroatoms. The van der Waals surface area contributed by atoms with Crippen molar-refractivity contribution in [1.29, 1.82) is 0 Å². The number of hydrogen-bond acceptors (Lipinski definition) is 6. The van der Waals surface area contributed by atoms with Crippen LogP contribution in [-0.2, 0) is 0 Å². The average molecular weight is 491 g/mol. The van der Waals surface area contributed by atoms with Crippen LogP contribution in [0.3, 0.4) is 0 Å². The Hall–Kier alpha value is -3.45. The molecule has 1 aromatic rings. The maximum absolute atomic E-state index is 10.9. The van der Waals surface area contributed by atoms with Gasteiger partial charge < -0.3 is 15.3 Å². The second kappa shape index (κ2) is 14.8. The predicted octanol–water partition coefficient (Wildman–Crippen LogP) is 5.92. The van der Waals surface area contributed by atoms with Gasteiger partial charge in [0.15, 0.2) is 0 Å². The van der Waals surface area contributed by atoms with Gasteiger partial charge in [-0.15, -0.1) is 10.2 Å². The lowest BCUT2D eigenvalue weighted by atomic mass is 9.96. The minimum atomic E-state index is 0.137. The highest BCUT2D eigenvalue weighted by Gasteiger charge is 2.16. The monoisotopic (exact) mass is 490 g/mol. The van der Waals surface area contributed by atoms with Crippen molar-refractivity contribution >= 4 is 23.3 Å². The second-order valence-electron chi connectivity index (χ2n) is 8.71. The van der Waals surface area contributed by atoms with Crippen LogP contribution in [0.4, 0.5) is 0 Å². The molecule has 0 spiro atoms. The van der Waals surface area contributed by atoms with Gasteiger partial charge in [-0.25, -0.2) is 5.01 Å². The van der Waals surface area contributed by atoms with Gasteiger partial charge in [-0.1, -0.05) is 52.0 Å². The van der Waals surface area contributed by atoms with Crippen molar-refractivity contribution in [2.75, 3.05) is 26.2 Å². The van der Waals surface area contributed by atoms with Crippen LogP contribution in [0.2, 0.25) is 0 Å². The summed E-state index contributed by atoms with van der Waals surface area (Å²) in [5, 5.41) is 29.1. The number of benzene rings is 1. The molecule has 0 bridgehead atoms. The van der Waals surface area contributed by atoms with E-state index in [1.165, 1.54) is 12.0 Å². The Bertz CT molecular complexity index is 1060. The molecule has 0 saturated carbocycles. The SMILES string of the molecule is C=C/C(=N\N=C(/C)N1CCNCC1)c1ccc(C2=CN(/N=C\C)C(=C)C=C(CC)C2)cc1O.CCC. The lowest BCUT2D eigenvalue weighted by molar-refractivity contribution is 0.355. The van der Waals surface area contributed by atoms with Gasteiger partial charge in [0.25, 0.3) is 0 Å². The smallest absolute Gasteiger partial charge is 0.125 e. The van der Waals surface area contributed by atoms with Crippen molar-refractivity contribution in [2.24, 2.45) is 15.3 Å². The number of hydrogen-bond donors (Lipinski definition) is 2. The molecular weight excluding hydrogens is 448 g/mol. The third-order valence-electron chi connectivity index (χ3n) is 5.77. The van der Waals surface area contributed by atoms with Gasteiger partial charge in [-0.2, -0.15) is 5.10 Å². The van der Waals surface area contributed by atoms with E-state index in [1.807, 2.05) is 32.2 Å². The summed E-state index contributed by atoms with van der Waals surface area (Å²) in [7, 11) is 0. The Balaban J connectivity index is 0.00000145. The van der Waals surface area contributed by atoms with Crippen molar-refractivity contribution in [3.63, 3.8) is 0 Å². The van der Waals surface area contributed by atoms with Gasteiger partial charge in [-0.3, -0.25) is 0 Å². The quantitative estimate of drug-likeness (QED) is 0.295. The van der Waals surface area contributed by atoms with Gasteiger partial charge in [0, 0.05) is 44.2 Å². The van der Waals surface area contributed by atoms with Crippen LogP contribution in [0.1, 0.15) is 65.0 Å². The lowest BCUT2D eigenvalue weighted by Crippen LogP contribution is -2.45. The van der Waals surface area contributed by atoms with Crippen molar-refractivity contribution in [1.82, 2.24) is 15.2 Å². The highest BCUT2D eigenvalue weighted by molar-refractivity contribution is 6.10. The molecule has 194 valence electrons. The molecule has 0 amide bonds. The fraction of sp³-hybridized carbons (Fsp3) is 0.414. The minimum Gasteiger partial charge on any atom is -0.507 e. The molecule has 0 radical (unpaired) electrons. The van der Waals surface area contributed by atoms with Crippen molar-refractivity contribution in [3.8, 4) is 5.75 Å². The first kappa shape index (κ1) is 28.8. The van der Waals surface area contributed by atoms with Gasteiger partial charge >= 0.3 is 0 Å². The van der Waals surface area contributed by atoms with Crippen LogP contribution in [0.5, 0.6) is 5.75 Å². The number of phenols is 1. The van der Waals surface area contributed by atoms with Crippen molar-refractivity contribution in [2.45, 2.75) is 53.9 Å². The topological polar surface area (TPSA) is 75.8 Å². The number of phenolic OH excluding ortho intramolecular Hbond substituents is 1. The lowest BCUT2D eigenvalue weighted by Gasteiger charge is -2.28. The molecule has 2 N–H and O–H groups in total. The van der Waals surface area contributed by atoms with E-state index in [0.717, 1.165) is 61.7 Å². The summed E-state index contributed by atoms with van der Waals surface area (Å²) in [6.45, 7) is 21.9. The first-order valence-corrected chi connectivity index (χ1v) is 12.8. The maximum atomic E-state index is 10.9. The fourth-order valence-corrected chi connectivity index (χ4v) is 3.84. The number of allylic oxidation sites excluding steroid dienone is 4. The average Bonchev–Trinajstić information content (AvgIpc) is 3.04. The number of hydrazone groups is 1. The molecule has 0 aromatic heterocycles. The first-order valence-electron chi connectivity index (χ1n) is 12.8. The molecule has 3 rings (SSSR count). The second-order valence-corrected chi connectivity index (χ2v) is 8.71. The summed E-state index contributed by atoms with van der Waals surface area (Å²) in [5.74, 6) is 0.990. The Labute approximate surface area is 217 Å². The predicted molar refractivity (Wildman–Crippen MR) is 154 cm³/mol. The molecule has 0 atom stereocenters. The van der Waals surface area contributed by atoms with E-state index in [2.05, 4.69) is 65.5 Å². The Morgan fingerprint density at radius 3 is 2.44 bits per heavy atom. The Morgan fingerprint density at radius 1 is 1.17 bits per heavy atom. The highest BCUT2D eigenvalue weighted by atomic mass is 16.3. The summed E-state index contributed by atoms with van der Waals surface area (Å²) in [6, 6.07) is 5.62. The van der Waals surface area contributed by atoms with Crippen molar-refractivity contribution in [3.05, 3.63) is 72.1 Å². The molecule has 2 heterocycles. The van der Waals surface area contributed by atoms with Crippen LogP contribution in [0.15, 0.2) is 76.3 Å². The highest BCUT2D eigenvalue weighted by Crippen LogP contribution is 2.32. The molecule has 1 fully saturated rings. The molecule has 2 aliphatic rings. The summed E-state index contributed by atoms with van der Waals surface area (Å²) in [6.07, 6.45) is 10.3. The molecule has 1 saturated heterocycles. The number of nitrogens with zero attached hydrogens (tertiary/aromatic N) is 5. The van der Waals surface area contributed by atoms with Crippen LogP contribution < -0.4 is 5.32 Å². The molecule has 2 aliphatic heterocycles. The molecule has 0 aliphatic carbocycles. The Kier molecular flexibility index (Phi) is 11.9.